The van der Waals surface area contributed by atoms with E-state index in [2.05, 4.69) is 5.32 Å². The number of amides is 1. The third kappa shape index (κ3) is 3.93. The molecule has 0 aliphatic heterocycles. The van der Waals surface area contributed by atoms with Crippen molar-refractivity contribution < 1.29 is 19.2 Å². The average Bonchev–Trinajstić information content (AvgIpc) is 2.64. The quantitative estimate of drug-likeness (QED) is 0.447. The van der Waals surface area contributed by atoms with Gasteiger partial charge < -0.3 is 15.0 Å². The zero-order valence-corrected chi connectivity index (χ0v) is 16.8. The fraction of sp³-hybridized carbons (Fsp3) is 0.619. The minimum Gasteiger partial charge on any atom is -0.452 e. The molecule has 1 aromatic carbocycles. The molecule has 0 heterocycles. The number of hydrogen-bond donors (Lipinski definition) is 1. The van der Waals surface area contributed by atoms with Crippen LogP contribution in [0.1, 0.15) is 48.9 Å². The van der Waals surface area contributed by atoms with Crippen molar-refractivity contribution in [2.24, 2.45) is 17.8 Å². The summed E-state index contributed by atoms with van der Waals surface area (Å²) in [6, 6.07) is 4.03. The van der Waals surface area contributed by atoms with Crippen LogP contribution in [0.15, 0.2) is 18.2 Å². The van der Waals surface area contributed by atoms with Gasteiger partial charge >= 0.3 is 5.97 Å². The number of ether oxygens (including phenoxy) is 1. The highest BCUT2D eigenvalue weighted by molar-refractivity contribution is 5.97. The third-order valence-electron chi connectivity index (χ3n) is 6.67. The number of nitrogens with one attached hydrogen (secondary N) is 1. The molecule has 4 bridgehead atoms. The van der Waals surface area contributed by atoms with Gasteiger partial charge in [0.25, 0.3) is 11.6 Å². The Morgan fingerprint density at radius 3 is 2.28 bits per heavy atom. The number of nitrogens with zero attached hydrogens (tertiary/aromatic N) is 2. The third-order valence-corrected chi connectivity index (χ3v) is 6.67. The fourth-order valence-corrected chi connectivity index (χ4v) is 6.00. The van der Waals surface area contributed by atoms with Crippen molar-refractivity contribution in [1.29, 1.82) is 0 Å². The number of nitro groups is 1. The topological polar surface area (TPSA) is 102 Å². The summed E-state index contributed by atoms with van der Waals surface area (Å²) >= 11 is 0. The Balaban J connectivity index is 1.40. The minimum absolute atomic E-state index is 0.0757. The summed E-state index contributed by atoms with van der Waals surface area (Å²) in [6.45, 7) is -0.379. The predicted molar refractivity (Wildman–Crippen MR) is 107 cm³/mol. The maximum absolute atomic E-state index is 12.6. The van der Waals surface area contributed by atoms with E-state index >= 15 is 0 Å². The van der Waals surface area contributed by atoms with Crippen LogP contribution in [0.5, 0.6) is 0 Å². The molecule has 0 aromatic heterocycles. The maximum atomic E-state index is 12.6. The Hall–Kier alpha value is -2.64. The van der Waals surface area contributed by atoms with Crippen molar-refractivity contribution in [3.05, 3.63) is 33.9 Å². The highest BCUT2D eigenvalue weighted by atomic mass is 16.6. The van der Waals surface area contributed by atoms with Crippen molar-refractivity contribution in [2.45, 2.75) is 44.1 Å². The van der Waals surface area contributed by atoms with Crippen molar-refractivity contribution in [3.63, 3.8) is 0 Å². The Morgan fingerprint density at radius 2 is 1.76 bits per heavy atom. The molecule has 4 fully saturated rings. The first-order chi connectivity index (χ1) is 13.7. The lowest BCUT2D eigenvalue weighted by molar-refractivity contribution is -0.384. The molecule has 156 valence electrons. The molecule has 4 saturated carbocycles. The largest absolute Gasteiger partial charge is 0.452 e. The van der Waals surface area contributed by atoms with Crippen LogP contribution >= 0.6 is 0 Å². The van der Waals surface area contributed by atoms with Crippen LogP contribution in [-0.2, 0) is 9.53 Å². The molecular weight excluding hydrogens is 374 g/mol. The lowest BCUT2D eigenvalue weighted by Crippen LogP contribution is -2.60. The second-order valence-electron chi connectivity index (χ2n) is 9.18. The van der Waals surface area contributed by atoms with E-state index in [-0.39, 0.29) is 29.3 Å². The summed E-state index contributed by atoms with van der Waals surface area (Å²) in [4.78, 5) is 37.3. The Kier molecular flexibility index (Phi) is 4.96. The van der Waals surface area contributed by atoms with Gasteiger partial charge in [0.2, 0.25) is 0 Å². The number of hydrogen-bond acceptors (Lipinski definition) is 6. The molecule has 0 spiro atoms. The number of carbonyl (C=O) groups is 2. The highest BCUT2D eigenvalue weighted by Crippen LogP contribution is 2.55. The van der Waals surface area contributed by atoms with E-state index in [4.69, 9.17) is 4.74 Å². The summed E-state index contributed by atoms with van der Waals surface area (Å²) in [5.74, 6) is 1.08. The smallest absolute Gasteiger partial charge is 0.341 e. The molecule has 1 amide bonds. The Morgan fingerprint density at radius 1 is 1.17 bits per heavy atom. The van der Waals surface area contributed by atoms with Crippen LogP contribution < -0.4 is 10.2 Å². The molecule has 8 heteroatoms. The van der Waals surface area contributed by atoms with Crippen molar-refractivity contribution in [2.75, 3.05) is 25.6 Å². The van der Waals surface area contributed by atoms with E-state index < -0.39 is 10.9 Å². The van der Waals surface area contributed by atoms with Gasteiger partial charge in [0.05, 0.1) is 16.2 Å². The van der Waals surface area contributed by atoms with Gasteiger partial charge in [0.1, 0.15) is 0 Å². The molecule has 1 aromatic rings. The summed E-state index contributed by atoms with van der Waals surface area (Å²) in [6.07, 6.45) is 6.91. The van der Waals surface area contributed by atoms with Gasteiger partial charge in [-0.2, -0.15) is 0 Å². The lowest BCUT2D eigenvalue weighted by Gasteiger charge is -2.56. The summed E-state index contributed by atoms with van der Waals surface area (Å²) in [5.41, 5.74) is 0.243. The highest BCUT2D eigenvalue weighted by Gasteiger charge is 2.51. The number of benzene rings is 1. The van der Waals surface area contributed by atoms with Gasteiger partial charge in [-0.05, 0) is 62.3 Å². The number of carbonyl (C=O) groups excluding carboxylic acids is 2. The van der Waals surface area contributed by atoms with Crippen molar-refractivity contribution >= 4 is 23.3 Å². The normalized spacial score (nSPS) is 29.4. The zero-order valence-electron chi connectivity index (χ0n) is 16.8. The van der Waals surface area contributed by atoms with Crippen LogP contribution in [0.3, 0.4) is 0 Å². The number of esters is 1. The fourth-order valence-electron chi connectivity index (χ4n) is 6.00. The van der Waals surface area contributed by atoms with Gasteiger partial charge in [0.15, 0.2) is 6.61 Å². The van der Waals surface area contributed by atoms with E-state index in [1.807, 2.05) is 0 Å². The van der Waals surface area contributed by atoms with E-state index in [0.717, 1.165) is 19.3 Å². The molecule has 0 saturated heterocycles. The number of nitro benzene ring substituents is 1. The van der Waals surface area contributed by atoms with Crippen LogP contribution in [0.4, 0.5) is 11.4 Å². The molecule has 5 rings (SSSR count). The van der Waals surface area contributed by atoms with Gasteiger partial charge in [-0.15, -0.1) is 0 Å². The SMILES string of the molecule is CN(C)c1ccc([N+](=O)[O-])cc1C(=O)OCC(=O)NC12CC3CC(CC(C3)C1)C2. The van der Waals surface area contributed by atoms with Crippen LogP contribution in [0, 0.1) is 27.9 Å². The number of anilines is 1. The van der Waals surface area contributed by atoms with E-state index in [1.54, 1.807) is 19.0 Å². The van der Waals surface area contributed by atoms with E-state index in [0.29, 0.717) is 23.4 Å². The maximum Gasteiger partial charge on any atom is 0.341 e. The monoisotopic (exact) mass is 401 g/mol. The molecule has 1 N–H and O–H groups in total. The molecule has 0 atom stereocenters. The lowest BCUT2D eigenvalue weighted by atomic mass is 9.53. The summed E-state index contributed by atoms with van der Waals surface area (Å²) in [7, 11) is 3.47. The molecular formula is C21H27N3O5. The molecule has 29 heavy (non-hydrogen) atoms. The first kappa shape index (κ1) is 19.7. The first-order valence-corrected chi connectivity index (χ1v) is 10.2. The minimum atomic E-state index is -0.738. The van der Waals surface area contributed by atoms with Gasteiger partial charge in [-0.25, -0.2) is 4.79 Å². The Labute approximate surface area is 169 Å². The summed E-state index contributed by atoms with van der Waals surface area (Å²) in [5, 5.41) is 14.2. The molecule has 4 aliphatic carbocycles. The Bertz CT molecular complexity index is 815. The summed E-state index contributed by atoms with van der Waals surface area (Å²) < 4.78 is 5.23. The second-order valence-corrected chi connectivity index (χ2v) is 9.18. The van der Waals surface area contributed by atoms with Gasteiger partial charge in [-0.1, -0.05) is 0 Å². The molecule has 0 radical (unpaired) electrons. The second kappa shape index (κ2) is 7.31. The number of non-ortho nitro benzene ring substituents is 1. The standard InChI is InChI=1S/C21H27N3O5/c1-23(2)18-4-3-16(24(27)28)8-17(18)20(26)29-12-19(25)22-21-9-13-5-14(10-21)7-15(6-13)11-21/h3-4,8,13-15H,5-7,9-12H2,1-2H3,(H,22,25). The first-order valence-electron chi connectivity index (χ1n) is 10.2. The molecule has 4 aliphatic rings. The van der Waals surface area contributed by atoms with Crippen LogP contribution in [0.25, 0.3) is 0 Å². The predicted octanol–water partition coefficient (Wildman–Crippen LogP) is 2.90. The van der Waals surface area contributed by atoms with Crippen molar-refractivity contribution in [1.82, 2.24) is 5.32 Å². The average molecular weight is 401 g/mol. The van der Waals surface area contributed by atoms with E-state index in [1.165, 1.54) is 37.5 Å². The zero-order chi connectivity index (χ0) is 20.8. The van der Waals surface area contributed by atoms with E-state index in [9.17, 15) is 19.7 Å². The molecule has 8 nitrogen and oxygen atoms in total. The molecule has 0 unspecified atom stereocenters. The number of rotatable bonds is 6. The van der Waals surface area contributed by atoms with Gasteiger partial charge in [-0.3, -0.25) is 14.9 Å². The van der Waals surface area contributed by atoms with Crippen molar-refractivity contribution in [3.8, 4) is 0 Å². The van der Waals surface area contributed by atoms with Gasteiger partial charge in [0, 0.05) is 31.8 Å². The van der Waals surface area contributed by atoms with Crippen LogP contribution in [-0.4, -0.2) is 43.0 Å². The van der Waals surface area contributed by atoms with Crippen LogP contribution in [0.2, 0.25) is 0 Å².